The van der Waals surface area contributed by atoms with Crippen LogP contribution in [0.1, 0.15) is 104 Å². The second-order valence-electron chi connectivity index (χ2n) is 6.33. The average molecular weight is 299 g/mol. The molecule has 1 unspecified atom stereocenters. The summed E-state index contributed by atoms with van der Waals surface area (Å²) >= 11 is 0. The second-order valence-corrected chi connectivity index (χ2v) is 6.33. The summed E-state index contributed by atoms with van der Waals surface area (Å²) in [5.41, 5.74) is 0. The van der Waals surface area contributed by atoms with E-state index < -0.39 is 0 Å². The van der Waals surface area contributed by atoms with Crippen LogP contribution in [0.2, 0.25) is 0 Å². The molecule has 0 spiro atoms. The van der Waals surface area contributed by atoms with Crippen LogP contribution in [0.5, 0.6) is 0 Å². The first-order valence-electron chi connectivity index (χ1n) is 9.34. The topological polar surface area (TPSA) is 26.3 Å². The van der Waals surface area contributed by atoms with Gasteiger partial charge in [-0.15, -0.1) is 0 Å². The Morgan fingerprint density at radius 3 is 1.62 bits per heavy atom. The molecule has 0 fully saturated rings. The summed E-state index contributed by atoms with van der Waals surface area (Å²) in [5, 5.41) is 0. The summed E-state index contributed by atoms with van der Waals surface area (Å²) in [5.74, 6) is 0.142. The molecule has 1 atom stereocenters. The number of esters is 1. The van der Waals surface area contributed by atoms with E-state index in [-0.39, 0.29) is 11.9 Å². The lowest BCUT2D eigenvalue weighted by Gasteiger charge is -2.13. The summed E-state index contributed by atoms with van der Waals surface area (Å²) in [7, 11) is 1.51. The highest BCUT2D eigenvalue weighted by Crippen LogP contribution is 2.19. The number of hydrogen-bond donors (Lipinski definition) is 0. The summed E-state index contributed by atoms with van der Waals surface area (Å²) < 4.78 is 4.91. The SMILES string of the molecule is CCCCCCCCCCCCC(CCCC)C(=O)OC. The van der Waals surface area contributed by atoms with Crippen molar-refractivity contribution in [3.8, 4) is 0 Å². The van der Waals surface area contributed by atoms with Crippen molar-refractivity contribution >= 4 is 5.97 Å². The molecule has 0 heterocycles. The summed E-state index contributed by atoms with van der Waals surface area (Å²) in [6, 6.07) is 0. The minimum absolute atomic E-state index is 0.000579. The number of rotatable bonds is 15. The fourth-order valence-electron chi connectivity index (χ4n) is 2.88. The quantitative estimate of drug-likeness (QED) is 0.263. The lowest BCUT2D eigenvalue weighted by molar-refractivity contribution is -0.146. The van der Waals surface area contributed by atoms with Gasteiger partial charge in [-0.25, -0.2) is 0 Å². The Labute approximate surface area is 133 Å². The Bertz CT molecular complexity index is 226. The van der Waals surface area contributed by atoms with Gasteiger partial charge in [-0.05, 0) is 12.8 Å². The fourth-order valence-corrected chi connectivity index (χ4v) is 2.88. The molecule has 0 bridgehead atoms. The minimum atomic E-state index is -0.000579. The maximum atomic E-state index is 11.7. The molecule has 2 heteroatoms. The molecule has 0 saturated heterocycles. The van der Waals surface area contributed by atoms with Gasteiger partial charge in [0.25, 0.3) is 0 Å². The zero-order valence-electron chi connectivity index (χ0n) is 14.8. The van der Waals surface area contributed by atoms with Crippen molar-refractivity contribution in [2.24, 2.45) is 5.92 Å². The van der Waals surface area contributed by atoms with Crippen LogP contribution >= 0.6 is 0 Å². The molecular formula is C19H38O2. The molecule has 21 heavy (non-hydrogen) atoms. The van der Waals surface area contributed by atoms with Gasteiger partial charge >= 0.3 is 5.97 Å². The molecule has 0 radical (unpaired) electrons. The van der Waals surface area contributed by atoms with Crippen molar-refractivity contribution < 1.29 is 9.53 Å². The Morgan fingerprint density at radius 2 is 1.14 bits per heavy atom. The van der Waals surface area contributed by atoms with E-state index in [0.29, 0.717) is 0 Å². The monoisotopic (exact) mass is 298 g/mol. The van der Waals surface area contributed by atoms with Crippen LogP contribution in [0.25, 0.3) is 0 Å². The maximum Gasteiger partial charge on any atom is 0.308 e. The van der Waals surface area contributed by atoms with Gasteiger partial charge in [0.05, 0.1) is 13.0 Å². The highest BCUT2D eigenvalue weighted by molar-refractivity contribution is 5.72. The molecule has 0 amide bonds. The van der Waals surface area contributed by atoms with Crippen LogP contribution in [0, 0.1) is 5.92 Å². The number of hydrogen-bond acceptors (Lipinski definition) is 2. The third-order valence-corrected chi connectivity index (χ3v) is 4.35. The first-order chi connectivity index (χ1) is 10.3. The Balaban J connectivity index is 3.46. The molecule has 0 aliphatic carbocycles. The average Bonchev–Trinajstić information content (AvgIpc) is 2.51. The Hall–Kier alpha value is -0.530. The molecule has 0 aliphatic rings. The Morgan fingerprint density at radius 1 is 0.714 bits per heavy atom. The van der Waals surface area contributed by atoms with Gasteiger partial charge in [-0.3, -0.25) is 4.79 Å². The number of unbranched alkanes of at least 4 members (excludes halogenated alkanes) is 10. The van der Waals surface area contributed by atoms with Gasteiger partial charge in [-0.1, -0.05) is 90.9 Å². The van der Waals surface area contributed by atoms with Crippen LogP contribution in [0.4, 0.5) is 0 Å². The molecule has 0 aromatic carbocycles. The molecule has 2 nitrogen and oxygen atoms in total. The van der Waals surface area contributed by atoms with Gasteiger partial charge in [0.15, 0.2) is 0 Å². The molecule has 0 saturated carbocycles. The summed E-state index contributed by atoms with van der Waals surface area (Å²) in [6.07, 6.45) is 17.8. The van der Waals surface area contributed by atoms with Crippen LogP contribution in [0.15, 0.2) is 0 Å². The first kappa shape index (κ1) is 20.5. The van der Waals surface area contributed by atoms with E-state index in [4.69, 9.17) is 4.74 Å². The molecule has 126 valence electrons. The van der Waals surface area contributed by atoms with E-state index in [0.717, 1.165) is 25.7 Å². The highest BCUT2D eigenvalue weighted by Gasteiger charge is 2.17. The molecule has 0 aromatic heterocycles. The van der Waals surface area contributed by atoms with E-state index in [9.17, 15) is 4.79 Å². The predicted octanol–water partition coefficient (Wildman–Crippen LogP) is 6.28. The van der Waals surface area contributed by atoms with Crippen molar-refractivity contribution in [1.29, 1.82) is 0 Å². The van der Waals surface area contributed by atoms with Gasteiger partial charge in [0, 0.05) is 0 Å². The zero-order chi connectivity index (χ0) is 15.8. The van der Waals surface area contributed by atoms with Crippen molar-refractivity contribution in [3.63, 3.8) is 0 Å². The maximum absolute atomic E-state index is 11.7. The fraction of sp³-hybridized carbons (Fsp3) is 0.947. The molecule has 0 aliphatic heterocycles. The summed E-state index contributed by atoms with van der Waals surface area (Å²) in [6.45, 7) is 4.44. The van der Waals surface area contributed by atoms with Crippen molar-refractivity contribution in [1.82, 2.24) is 0 Å². The predicted molar refractivity (Wildman–Crippen MR) is 91.5 cm³/mol. The third kappa shape index (κ3) is 12.9. The van der Waals surface area contributed by atoms with Crippen molar-refractivity contribution in [3.05, 3.63) is 0 Å². The number of carbonyl (C=O) groups excluding carboxylic acids is 1. The number of carbonyl (C=O) groups is 1. The van der Waals surface area contributed by atoms with Crippen LogP contribution in [-0.2, 0) is 9.53 Å². The smallest absolute Gasteiger partial charge is 0.308 e. The van der Waals surface area contributed by atoms with E-state index in [1.807, 2.05) is 0 Å². The van der Waals surface area contributed by atoms with Crippen molar-refractivity contribution in [2.75, 3.05) is 7.11 Å². The number of methoxy groups -OCH3 is 1. The van der Waals surface area contributed by atoms with E-state index in [2.05, 4.69) is 13.8 Å². The second kappa shape index (κ2) is 15.9. The lowest BCUT2D eigenvalue weighted by atomic mass is 9.95. The first-order valence-corrected chi connectivity index (χ1v) is 9.34. The Kier molecular flexibility index (Phi) is 15.5. The molecule has 0 aromatic rings. The zero-order valence-corrected chi connectivity index (χ0v) is 14.8. The van der Waals surface area contributed by atoms with Crippen molar-refractivity contribution in [2.45, 2.75) is 104 Å². The van der Waals surface area contributed by atoms with E-state index >= 15 is 0 Å². The summed E-state index contributed by atoms with van der Waals surface area (Å²) in [4.78, 5) is 11.7. The molecule has 0 rings (SSSR count). The van der Waals surface area contributed by atoms with Gasteiger partial charge in [0.1, 0.15) is 0 Å². The minimum Gasteiger partial charge on any atom is -0.469 e. The molecule has 0 N–H and O–H groups in total. The largest absolute Gasteiger partial charge is 0.469 e. The van der Waals surface area contributed by atoms with Crippen LogP contribution < -0.4 is 0 Å². The van der Waals surface area contributed by atoms with Gasteiger partial charge in [0.2, 0.25) is 0 Å². The van der Waals surface area contributed by atoms with E-state index in [1.54, 1.807) is 0 Å². The lowest BCUT2D eigenvalue weighted by Crippen LogP contribution is -2.16. The van der Waals surface area contributed by atoms with Crippen LogP contribution in [0.3, 0.4) is 0 Å². The van der Waals surface area contributed by atoms with E-state index in [1.165, 1.54) is 71.3 Å². The standard InChI is InChI=1S/C19H38O2/c1-4-6-8-9-10-11-12-13-14-15-17-18(16-7-5-2)19(20)21-3/h18H,4-17H2,1-3H3. The number of ether oxygens (including phenoxy) is 1. The normalized spacial score (nSPS) is 12.3. The third-order valence-electron chi connectivity index (χ3n) is 4.35. The van der Waals surface area contributed by atoms with Crippen LogP contribution in [-0.4, -0.2) is 13.1 Å². The highest BCUT2D eigenvalue weighted by atomic mass is 16.5. The van der Waals surface area contributed by atoms with Gasteiger partial charge < -0.3 is 4.74 Å². The van der Waals surface area contributed by atoms with Gasteiger partial charge in [-0.2, -0.15) is 0 Å². The molecular weight excluding hydrogens is 260 g/mol.